The van der Waals surface area contributed by atoms with E-state index in [0.29, 0.717) is 11.3 Å². The lowest BCUT2D eigenvalue weighted by atomic mass is 10.2. The average molecular weight is 241 g/mol. The second kappa shape index (κ2) is 4.12. The third-order valence-electron chi connectivity index (χ3n) is 2.38. The fourth-order valence-corrected chi connectivity index (χ4v) is 1.55. The third-order valence-corrected chi connectivity index (χ3v) is 2.38. The maximum atomic E-state index is 12.8. The normalized spacial score (nSPS) is 11.1. The summed E-state index contributed by atoms with van der Waals surface area (Å²) in [4.78, 5) is 0. The van der Waals surface area contributed by atoms with Crippen LogP contribution in [0.4, 0.5) is 18.9 Å². The second-order valence-electron chi connectivity index (χ2n) is 3.65. The molecule has 2 aromatic rings. The molecule has 0 radical (unpaired) electrons. The molecule has 1 aromatic heterocycles. The predicted octanol–water partition coefficient (Wildman–Crippen LogP) is 2.84. The summed E-state index contributed by atoms with van der Waals surface area (Å²) < 4.78 is 39.2. The van der Waals surface area contributed by atoms with E-state index in [0.717, 1.165) is 6.07 Å². The fraction of sp³-hybridized carbons (Fsp3) is 0.182. The lowest BCUT2D eigenvalue weighted by molar-refractivity contribution is 0.145. The van der Waals surface area contributed by atoms with Gasteiger partial charge in [0, 0.05) is 6.20 Å². The van der Waals surface area contributed by atoms with Crippen LogP contribution in [0, 0.1) is 12.7 Å². The van der Waals surface area contributed by atoms with Crippen molar-refractivity contribution in [2.75, 3.05) is 5.73 Å². The van der Waals surface area contributed by atoms with E-state index in [9.17, 15) is 13.2 Å². The Labute approximate surface area is 95.7 Å². The molecule has 1 aromatic carbocycles. The number of nitrogens with zero attached hydrogens (tertiary/aromatic N) is 2. The molecule has 0 aliphatic rings. The van der Waals surface area contributed by atoms with Gasteiger partial charge in [0.1, 0.15) is 11.5 Å². The van der Waals surface area contributed by atoms with Crippen molar-refractivity contribution < 1.29 is 13.2 Å². The van der Waals surface area contributed by atoms with E-state index >= 15 is 0 Å². The number of nitrogens with two attached hydrogens (primary N) is 1. The third kappa shape index (κ3) is 2.11. The summed E-state index contributed by atoms with van der Waals surface area (Å²) in [5.74, 6) is -0.482. The van der Waals surface area contributed by atoms with Crippen LogP contribution in [0.1, 0.15) is 17.7 Å². The number of benzene rings is 1. The molecule has 0 saturated carbocycles. The number of rotatable bonds is 2. The predicted molar refractivity (Wildman–Crippen MR) is 57.6 cm³/mol. The maximum absolute atomic E-state index is 12.8. The van der Waals surface area contributed by atoms with E-state index in [1.165, 1.54) is 29.9 Å². The summed E-state index contributed by atoms with van der Waals surface area (Å²) in [7, 11) is 0. The number of alkyl halides is 2. The van der Waals surface area contributed by atoms with Gasteiger partial charge in [0.25, 0.3) is 6.43 Å². The Bertz CT molecular complexity index is 549. The van der Waals surface area contributed by atoms with E-state index in [4.69, 9.17) is 5.73 Å². The van der Waals surface area contributed by atoms with Crippen molar-refractivity contribution in [2.45, 2.75) is 13.3 Å². The highest BCUT2D eigenvalue weighted by Crippen LogP contribution is 2.24. The zero-order chi connectivity index (χ0) is 12.6. The minimum Gasteiger partial charge on any atom is -0.397 e. The van der Waals surface area contributed by atoms with Crippen molar-refractivity contribution in [3.05, 3.63) is 41.5 Å². The molecule has 0 unspecified atom stereocenters. The molecule has 3 nitrogen and oxygen atoms in total. The Morgan fingerprint density at radius 3 is 2.59 bits per heavy atom. The number of hydrogen-bond donors (Lipinski definition) is 1. The zero-order valence-corrected chi connectivity index (χ0v) is 8.99. The van der Waals surface area contributed by atoms with Gasteiger partial charge in [-0.3, -0.25) is 0 Å². The minimum atomic E-state index is -2.64. The van der Waals surface area contributed by atoms with Crippen molar-refractivity contribution in [1.29, 1.82) is 0 Å². The molecular weight excluding hydrogens is 231 g/mol. The van der Waals surface area contributed by atoms with Gasteiger partial charge >= 0.3 is 0 Å². The van der Waals surface area contributed by atoms with Crippen LogP contribution in [-0.2, 0) is 0 Å². The molecule has 0 bridgehead atoms. The van der Waals surface area contributed by atoms with Gasteiger partial charge in [0.2, 0.25) is 0 Å². The molecule has 0 fully saturated rings. The molecule has 0 aliphatic heterocycles. The topological polar surface area (TPSA) is 43.8 Å². The van der Waals surface area contributed by atoms with Crippen LogP contribution in [0.15, 0.2) is 24.4 Å². The van der Waals surface area contributed by atoms with Crippen LogP contribution in [0.25, 0.3) is 5.69 Å². The molecule has 1 heterocycles. The van der Waals surface area contributed by atoms with Crippen molar-refractivity contribution in [3.8, 4) is 5.69 Å². The quantitative estimate of drug-likeness (QED) is 0.821. The van der Waals surface area contributed by atoms with Crippen LogP contribution < -0.4 is 5.73 Å². The Hall–Kier alpha value is -1.98. The lowest BCUT2D eigenvalue weighted by Crippen LogP contribution is -2.01. The Morgan fingerprint density at radius 1 is 1.35 bits per heavy atom. The standard InChI is InChI=1S/C11H10F3N3/c1-6-5-17(16-10(6)11(13)14)9-3-2-7(12)4-8(9)15/h2-5,11H,15H2,1H3. The summed E-state index contributed by atoms with van der Waals surface area (Å²) in [5.41, 5.74) is 6.19. The lowest BCUT2D eigenvalue weighted by Gasteiger charge is -2.05. The molecule has 0 aliphatic carbocycles. The van der Waals surface area contributed by atoms with Gasteiger partial charge in [-0.05, 0) is 30.7 Å². The Morgan fingerprint density at radius 2 is 2.06 bits per heavy atom. The van der Waals surface area contributed by atoms with Crippen LogP contribution in [0.5, 0.6) is 0 Å². The molecule has 17 heavy (non-hydrogen) atoms. The number of anilines is 1. The van der Waals surface area contributed by atoms with Gasteiger partial charge in [-0.15, -0.1) is 0 Å². The molecule has 90 valence electrons. The first-order chi connectivity index (χ1) is 7.99. The summed E-state index contributed by atoms with van der Waals surface area (Å²) in [6.07, 6.45) is -1.21. The van der Waals surface area contributed by atoms with Crippen LogP contribution in [0.2, 0.25) is 0 Å². The van der Waals surface area contributed by atoms with Crippen molar-refractivity contribution in [2.24, 2.45) is 0 Å². The SMILES string of the molecule is Cc1cn(-c2ccc(F)cc2N)nc1C(F)F. The monoisotopic (exact) mass is 241 g/mol. The Balaban J connectivity index is 2.50. The molecule has 0 amide bonds. The second-order valence-corrected chi connectivity index (χ2v) is 3.65. The van der Waals surface area contributed by atoms with Gasteiger partial charge in [-0.1, -0.05) is 0 Å². The highest BCUT2D eigenvalue weighted by molar-refractivity contribution is 5.57. The summed E-state index contributed by atoms with van der Waals surface area (Å²) in [5, 5.41) is 3.73. The zero-order valence-electron chi connectivity index (χ0n) is 8.99. The highest BCUT2D eigenvalue weighted by atomic mass is 19.3. The highest BCUT2D eigenvalue weighted by Gasteiger charge is 2.16. The van der Waals surface area contributed by atoms with Gasteiger partial charge in [-0.2, -0.15) is 5.10 Å². The van der Waals surface area contributed by atoms with E-state index in [2.05, 4.69) is 5.10 Å². The first-order valence-electron chi connectivity index (χ1n) is 4.88. The van der Waals surface area contributed by atoms with Crippen molar-refractivity contribution in [3.63, 3.8) is 0 Å². The molecule has 2 rings (SSSR count). The summed E-state index contributed by atoms with van der Waals surface area (Å²) >= 11 is 0. The van der Waals surface area contributed by atoms with E-state index in [1.54, 1.807) is 0 Å². The summed E-state index contributed by atoms with van der Waals surface area (Å²) in [6, 6.07) is 3.71. The van der Waals surface area contributed by atoms with Gasteiger partial charge in [0.05, 0.1) is 11.4 Å². The molecule has 0 atom stereocenters. The number of halogens is 3. The minimum absolute atomic E-state index is 0.147. The van der Waals surface area contributed by atoms with E-state index in [1.807, 2.05) is 0 Å². The Kier molecular flexibility index (Phi) is 2.79. The van der Waals surface area contributed by atoms with Crippen LogP contribution in [-0.4, -0.2) is 9.78 Å². The smallest absolute Gasteiger partial charge is 0.282 e. The molecule has 0 spiro atoms. The largest absolute Gasteiger partial charge is 0.397 e. The summed E-state index contributed by atoms with van der Waals surface area (Å²) in [6.45, 7) is 1.53. The first kappa shape index (κ1) is 11.5. The number of aryl methyl sites for hydroxylation is 1. The molecule has 6 heteroatoms. The number of nitrogen functional groups attached to an aromatic ring is 1. The van der Waals surface area contributed by atoms with Gasteiger partial charge in [0.15, 0.2) is 0 Å². The first-order valence-corrected chi connectivity index (χ1v) is 4.88. The van der Waals surface area contributed by atoms with E-state index in [-0.39, 0.29) is 11.4 Å². The molecule has 0 saturated heterocycles. The molecular formula is C11H10F3N3. The molecule has 2 N–H and O–H groups in total. The fourth-order valence-electron chi connectivity index (χ4n) is 1.55. The average Bonchev–Trinajstić information content (AvgIpc) is 2.60. The van der Waals surface area contributed by atoms with E-state index < -0.39 is 12.2 Å². The van der Waals surface area contributed by atoms with Crippen molar-refractivity contribution in [1.82, 2.24) is 9.78 Å². The van der Waals surface area contributed by atoms with Gasteiger partial charge in [-0.25, -0.2) is 17.9 Å². The van der Waals surface area contributed by atoms with Crippen LogP contribution in [0.3, 0.4) is 0 Å². The van der Waals surface area contributed by atoms with Gasteiger partial charge < -0.3 is 5.73 Å². The number of aromatic nitrogens is 2. The van der Waals surface area contributed by atoms with Crippen LogP contribution >= 0.6 is 0 Å². The number of hydrogen-bond acceptors (Lipinski definition) is 2. The maximum Gasteiger partial charge on any atom is 0.282 e. The van der Waals surface area contributed by atoms with Crippen molar-refractivity contribution >= 4 is 5.69 Å².